The summed E-state index contributed by atoms with van der Waals surface area (Å²) in [7, 11) is -1.83. The van der Waals surface area contributed by atoms with E-state index in [1.165, 1.54) is 0 Å². The maximum Gasteiger partial charge on any atom is 0.200 e. The number of ether oxygens (including phenoxy) is 1. The highest BCUT2D eigenvalue weighted by Crippen LogP contribution is 2.43. The summed E-state index contributed by atoms with van der Waals surface area (Å²) in [5.41, 5.74) is 1.75. The minimum absolute atomic E-state index is 0.0307. The lowest BCUT2D eigenvalue weighted by molar-refractivity contribution is 0.0000832. The van der Waals surface area contributed by atoms with Gasteiger partial charge in [0, 0.05) is 5.92 Å². The van der Waals surface area contributed by atoms with E-state index in [0.29, 0.717) is 23.2 Å². The van der Waals surface area contributed by atoms with Crippen molar-refractivity contribution in [2.75, 3.05) is 6.61 Å². The minimum atomic E-state index is -1.83. The van der Waals surface area contributed by atoms with Crippen LogP contribution < -0.4 is 0 Å². The molecule has 3 nitrogen and oxygen atoms in total. The van der Waals surface area contributed by atoms with Crippen molar-refractivity contribution in [1.82, 2.24) is 0 Å². The molecule has 120 valence electrons. The van der Waals surface area contributed by atoms with Gasteiger partial charge in [-0.2, -0.15) is 0 Å². The van der Waals surface area contributed by atoms with E-state index < -0.39 is 8.32 Å². The van der Waals surface area contributed by atoms with Crippen LogP contribution in [0.3, 0.4) is 0 Å². The second-order valence-corrected chi connectivity index (χ2v) is 12.8. The predicted octanol–water partition coefficient (Wildman–Crippen LogP) is 3.96. The Hall–Kier alpha value is 0.0969. The van der Waals surface area contributed by atoms with Gasteiger partial charge in [-0.1, -0.05) is 48.5 Å². The quantitative estimate of drug-likeness (QED) is 0.755. The van der Waals surface area contributed by atoms with Crippen LogP contribution in [0.15, 0.2) is 0 Å². The van der Waals surface area contributed by atoms with E-state index in [2.05, 4.69) is 48.5 Å². The normalized spacial score (nSPS) is 31.8. The van der Waals surface area contributed by atoms with Gasteiger partial charge in [0.2, 0.25) is 0 Å². The van der Waals surface area contributed by atoms with Gasteiger partial charge in [-0.3, -0.25) is 0 Å². The van der Waals surface area contributed by atoms with Gasteiger partial charge in [0.15, 0.2) is 8.32 Å². The van der Waals surface area contributed by atoms with Crippen LogP contribution in [0.2, 0.25) is 16.6 Å². The van der Waals surface area contributed by atoms with Crippen molar-refractivity contribution in [3.05, 3.63) is 0 Å². The van der Waals surface area contributed by atoms with Crippen molar-refractivity contribution in [3.8, 4) is 0 Å². The molecule has 0 aromatic rings. The summed E-state index contributed by atoms with van der Waals surface area (Å²) in [6.45, 7) is 18.4. The van der Waals surface area contributed by atoms with Gasteiger partial charge in [-0.15, -0.1) is 0 Å². The third-order valence-corrected chi connectivity index (χ3v) is 11.3. The zero-order chi connectivity index (χ0) is 15.7. The van der Waals surface area contributed by atoms with Gasteiger partial charge in [0.25, 0.3) is 0 Å². The maximum absolute atomic E-state index is 10.0. The van der Waals surface area contributed by atoms with Crippen LogP contribution in [0, 0.1) is 5.92 Å². The van der Waals surface area contributed by atoms with Gasteiger partial charge in [0.1, 0.15) is 0 Å². The summed E-state index contributed by atoms with van der Waals surface area (Å²) in [6, 6.07) is 0. The molecule has 0 aliphatic carbocycles. The van der Waals surface area contributed by atoms with E-state index >= 15 is 0 Å². The van der Waals surface area contributed by atoms with Crippen LogP contribution in [-0.4, -0.2) is 38.3 Å². The topological polar surface area (TPSA) is 38.7 Å². The van der Waals surface area contributed by atoms with Crippen LogP contribution in [0.25, 0.3) is 0 Å². The Morgan fingerprint density at radius 3 is 1.75 bits per heavy atom. The summed E-state index contributed by atoms with van der Waals surface area (Å²) in [5.74, 6) is 0.156. The smallest absolute Gasteiger partial charge is 0.200 e. The van der Waals surface area contributed by atoms with E-state index in [-0.39, 0.29) is 24.2 Å². The van der Waals surface area contributed by atoms with Gasteiger partial charge in [0.05, 0.1) is 24.9 Å². The molecule has 4 heteroatoms. The molecule has 1 N–H and O–H groups in total. The zero-order valence-electron chi connectivity index (χ0n) is 14.5. The first kappa shape index (κ1) is 18.1. The summed E-state index contributed by atoms with van der Waals surface area (Å²) >= 11 is 0. The summed E-state index contributed by atoms with van der Waals surface area (Å²) in [6.07, 6.45) is -0.410. The number of hydrogen-bond donors (Lipinski definition) is 1. The third kappa shape index (κ3) is 3.29. The monoisotopic (exact) mass is 302 g/mol. The second-order valence-electron chi connectivity index (χ2n) is 7.36. The molecule has 0 aromatic carbocycles. The molecule has 0 bridgehead atoms. The summed E-state index contributed by atoms with van der Waals surface area (Å²) < 4.78 is 12.4. The highest BCUT2D eigenvalue weighted by atomic mass is 28.4. The molecule has 1 saturated heterocycles. The molecule has 1 aliphatic rings. The lowest BCUT2D eigenvalue weighted by atomic mass is 10.00. The first-order valence-corrected chi connectivity index (χ1v) is 10.3. The fourth-order valence-corrected chi connectivity index (χ4v) is 9.50. The largest absolute Gasteiger partial charge is 0.413 e. The Labute approximate surface area is 126 Å². The lowest BCUT2D eigenvalue weighted by Gasteiger charge is -2.43. The van der Waals surface area contributed by atoms with Crippen molar-refractivity contribution in [2.24, 2.45) is 5.92 Å². The Bertz CT molecular complexity index is 282. The van der Waals surface area contributed by atoms with E-state index in [1.807, 2.05) is 6.92 Å². The van der Waals surface area contributed by atoms with Crippen molar-refractivity contribution >= 4 is 8.32 Å². The Balaban J connectivity index is 2.78. The fraction of sp³-hybridized carbons (Fsp3) is 1.00. The standard InChI is InChI=1S/C16H34O3Si/c1-10(2)20(11(3)4,12(5)6)18-9-15-13(7)16(17)14(8)19-15/h10-17H,9H2,1-8H3/t13-,14-,15-,16-/m1/s1. The molecule has 0 unspecified atom stereocenters. The Kier molecular flexibility index (Phi) is 6.26. The number of hydrogen-bond acceptors (Lipinski definition) is 3. The summed E-state index contributed by atoms with van der Waals surface area (Å²) in [5, 5.41) is 10.0. The van der Waals surface area contributed by atoms with Crippen LogP contribution >= 0.6 is 0 Å². The van der Waals surface area contributed by atoms with E-state index in [0.717, 1.165) is 0 Å². The van der Waals surface area contributed by atoms with Crippen molar-refractivity contribution in [3.63, 3.8) is 0 Å². The van der Waals surface area contributed by atoms with Crippen LogP contribution in [0.4, 0.5) is 0 Å². The van der Waals surface area contributed by atoms with Gasteiger partial charge in [-0.05, 0) is 23.5 Å². The third-order valence-electron chi connectivity index (χ3n) is 5.20. The molecule has 0 amide bonds. The van der Waals surface area contributed by atoms with Crippen molar-refractivity contribution < 1.29 is 14.3 Å². The molecular weight excluding hydrogens is 268 g/mol. The number of rotatable bonds is 6. The van der Waals surface area contributed by atoms with Crippen molar-refractivity contribution in [2.45, 2.75) is 90.3 Å². The highest BCUT2D eigenvalue weighted by molar-refractivity contribution is 6.77. The molecule has 1 heterocycles. The van der Waals surface area contributed by atoms with E-state index in [1.54, 1.807) is 0 Å². The molecule has 0 saturated carbocycles. The first-order chi connectivity index (χ1) is 9.14. The zero-order valence-corrected chi connectivity index (χ0v) is 15.5. The molecule has 1 fully saturated rings. The maximum atomic E-state index is 10.0. The SMILES string of the molecule is CC(C)[Si](OC[C@H]1O[C@H](C)[C@H](O)[C@@H]1C)(C(C)C)C(C)C. The molecule has 1 rings (SSSR count). The minimum Gasteiger partial charge on any atom is -0.413 e. The highest BCUT2D eigenvalue weighted by Gasteiger charge is 2.47. The van der Waals surface area contributed by atoms with Gasteiger partial charge in [-0.25, -0.2) is 0 Å². The van der Waals surface area contributed by atoms with E-state index in [4.69, 9.17) is 9.16 Å². The average Bonchev–Trinajstić information content (AvgIpc) is 2.56. The van der Waals surface area contributed by atoms with Crippen molar-refractivity contribution in [1.29, 1.82) is 0 Å². The average molecular weight is 303 g/mol. The molecule has 0 radical (unpaired) electrons. The molecule has 4 atom stereocenters. The van der Waals surface area contributed by atoms with Crippen LogP contribution in [0.5, 0.6) is 0 Å². The first-order valence-electron chi connectivity index (χ1n) is 8.12. The van der Waals surface area contributed by atoms with Gasteiger partial charge < -0.3 is 14.3 Å². The molecule has 0 aromatic heterocycles. The second kappa shape index (κ2) is 6.90. The molecule has 0 spiro atoms. The fourth-order valence-electron chi connectivity index (χ4n) is 4.05. The molecular formula is C16H34O3Si. The number of aliphatic hydroxyl groups is 1. The lowest BCUT2D eigenvalue weighted by Crippen LogP contribution is -2.49. The molecule has 20 heavy (non-hydrogen) atoms. The van der Waals surface area contributed by atoms with E-state index in [9.17, 15) is 5.11 Å². The Morgan fingerprint density at radius 2 is 1.45 bits per heavy atom. The van der Waals surface area contributed by atoms with Gasteiger partial charge >= 0.3 is 0 Å². The Morgan fingerprint density at radius 1 is 1.00 bits per heavy atom. The summed E-state index contributed by atoms with van der Waals surface area (Å²) in [4.78, 5) is 0. The predicted molar refractivity (Wildman–Crippen MR) is 86.5 cm³/mol. The van der Waals surface area contributed by atoms with Crippen LogP contribution in [-0.2, 0) is 9.16 Å². The molecule has 1 aliphatic heterocycles. The van der Waals surface area contributed by atoms with Crippen LogP contribution in [0.1, 0.15) is 55.4 Å². The number of aliphatic hydroxyl groups excluding tert-OH is 1.